The monoisotopic (exact) mass is 377 g/mol. The summed E-state index contributed by atoms with van der Waals surface area (Å²) in [7, 11) is 0. The minimum atomic E-state index is -0.220. The largest absolute Gasteiger partial charge is 0.352 e. The molecule has 0 spiro atoms. The molecule has 0 radical (unpaired) electrons. The molecule has 0 saturated carbocycles. The van der Waals surface area contributed by atoms with Gasteiger partial charge in [0.25, 0.3) is 5.56 Å². The Morgan fingerprint density at radius 1 is 1.11 bits per heavy atom. The van der Waals surface area contributed by atoms with E-state index in [-0.39, 0.29) is 24.1 Å². The Morgan fingerprint density at radius 2 is 1.79 bits per heavy atom. The number of carbonyl (C=O) groups is 1. The van der Waals surface area contributed by atoms with Crippen LogP contribution in [0.1, 0.15) is 35.7 Å². The quantitative estimate of drug-likeness (QED) is 0.715. The average Bonchev–Trinajstić information content (AvgIpc) is 2.66. The van der Waals surface area contributed by atoms with Gasteiger partial charge in [-0.05, 0) is 69.4 Å². The van der Waals surface area contributed by atoms with Crippen LogP contribution >= 0.6 is 0 Å². The lowest BCUT2D eigenvalue weighted by atomic mass is 10.1. The Morgan fingerprint density at radius 3 is 2.50 bits per heavy atom. The molecule has 0 saturated heterocycles. The van der Waals surface area contributed by atoms with Crippen LogP contribution in [0.4, 0.5) is 0 Å². The van der Waals surface area contributed by atoms with E-state index in [1.165, 1.54) is 10.1 Å². The van der Waals surface area contributed by atoms with E-state index in [1.54, 1.807) is 6.92 Å². The second-order valence-electron chi connectivity index (χ2n) is 7.51. The molecule has 2 aromatic carbocycles. The van der Waals surface area contributed by atoms with E-state index in [1.807, 2.05) is 51.1 Å². The first-order chi connectivity index (χ1) is 13.3. The van der Waals surface area contributed by atoms with E-state index >= 15 is 0 Å². The van der Waals surface area contributed by atoms with E-state index in [2.05, 4.69) is 22.4 Å². The van der Waals surface area contributed by atoms with Crippen molar-refractivity contribution in [2.45, 2.75) is 53.1 Å². The Hall–Kier alpha value is -2.95. The van der Waals surface area contributed by atoms with Gasteiger partial charge in [0.05, 0.1) is 11.0 Å². The number of nitrogens with zero attached hydrogens (tertiary/aromatic N) is 2. The van der Waals surface area contributed by atoms with Crippen LogP contribution < -0.4 is 10.9 Å². The predicted molar refractivity (Wildman–Crippen MR) is 113 cm³/mol. The lowest BCUT2D eigenvalue weighted by Gasteiger charge is -2.16. The number of nitrogens with one attached hydrogen (secondary N) is 1. The molecule has 0 aliphatic heterocycles. The van der Waals surface area contributed by atoms with Gasteiger partial charge in [-0.1, -0.05) is 30.3 Å². The summed E-state index contributed by atoms with van der Waals surface area (Å²) < 4.78 is 1.53. The number of rotatable bonds is 6. The number of carbonyl (C=O) groups excluding carboxylic acids is 1. The van der Waals surface area contributed by atoms with Crippen molar-refractivity contribution in [3.05, 3.63) is 75.2 Å². The first-order valence-corrected chi connectivity index (χ1v) is 9.67. The van der Waals surface area contributed by atoms with Gasteiger partial charge >= 0.3 is 0 Å². The number of amides is 1. The highest BCUT2D eigenvalue weighted by molar-refractivity contribution is 5.81. The van der Waals surface area contributed by atoms with Gasteiger partial charge in [-0.15, -0.1) is 0 Å². The van der Waals surface area contributed by atoms with Crippen LogP contribution in [-0.2, 0) is 17.8 Å². The van der Waals surface area contributed by atoms with Crippen molar-refractivity contribution in [2.24, 2.45) is 0 Å². The number of aryl methyl sites for hydroxylation is 4. The Kier molecular flexibility index (Phi) is 5.93. The van der Waals surface area contributed by atoms with E-state index in [9.17, 15) is 9.59 Å². The second-order valence-corrected chi connectivity index (χ2v) is 7.51. The van der Waals surface area contributed by atoms with Crippen molar-refractivity contribution in [3.8, 4) is 0 Å². The number of hydrogen-bond acceptors (Lipinski definition) is 3. The summed E-state index contributed by atoms with van der Waals surface area (Å²) in [4.78, 5) is 29.6. The third-order valence-electron chi connectivity index (χ3n) is 5.14. The van der Waals surface area contributed by atoms with Crippen molar-refractivity contribution in [1.29, 1.82) is 0 Å². The molecule has 0 fully saturated rings. The lowest BCUT2D eigenvalue weighted by molar-refractivity contribution is -0.122. The highest BCUT2D eigenvalue weighted by atomic mass is 16.2. The van der Waals surface area contributed by atoms with Crippen molar-refractivity contribution >= 4 is 16.9 Å². The zero-order valence-corrected chi connectivity index (χ0v) is 17.0. The molecular weight excluding hydrogens is 350 g/mol. The van der Waals surface area contributed by atoms with E-state index < -0.39 is 0 Å². The molecule has 0 aliphatic carbocycles. The van der Waals surface area contributed by atoms with E-state index in [0.717, 1.165) is 29.5 Å². The normalized spacial score (nSPS) is 12.1. The minimum absolute atomic E-state index is 0.00310. The van der Waals surface area contributed by atoms with Gasteiger partial charge in [-0.25, -0.2) is 4.98 Å². The van der Waals surface area contributed by atoms with Gasteiger partial charge in [0.15, 0.2) is 0 Å². The molecule has 1 amide bonds. The van der Waals surface area contributed by atoms with E-state index in [0.29, 0.717) is 11.2 Å². The molecule has 5 heteroatoms. The molecular formula is C23H27N3O2. The van der Waals surface area contributed by atoms with Gasteiger partial charge in [-0.3, -0.25) is 14.2 Å². The van der Waals surface area contributed by atoms with Crippen LogP contribution in [-0.4, -0.2) is 21.5 Å². The van der Waals surface area contributed by atoms with Crippen molar-refractivity contribution in [1.82, 2.24) is 14.9 Å². The van der Waals surface area contributed by atoms with Crippen LogP contribution in [0.15, 0.2) is 47.3 Å². The van der Waals surface area contributed by atoms with Crippen LogP contribution in [0.25, 0.3) is 11.0 Å². The fraction of sp³-hybridized carbons (Fsp3) is 0.348. The fourth-order valence-corrected chi connectivity index (χ4v) is 3.35. The van der Waals surface area contributed by atoms with Crippen molar-refractivity contribution < 1.29 is 4.79 Å². The van der Waals surface area contributed by atoms with Gasteiger partial charge < -0.3 is 5.32 Å². The molecule has 5 nitrogen and oxygen atoms in total. The molecule has 0 unspecified atom stereocenters. The van der Waals surface area contributed by atoms with E-state index in [4.69, 9.17) is 0 Å². The molecule has 1 heterocycles. The lowest BCUT2D eigenvalue weighted by Crippen LogP contribution is -2.38. The maximum absolute atomic E-state index is 12.6. The zero-order chi connectivity index (χ0) is 20.3. The van der Waals surface area contributed by atoms with Crippen LogP contribution in [0.2, 0.25) is 0 Å². The number of aromatic nitrogens is 2. The third-order valence-corrected chi connectivity index (χ3v) is 5.14. The second kappa shape index (κ2) is 8.38. The maximum atomic E-state index is 12.6. The summed E-state index contributed by atoms with van der Waals surface area (Å²) in [5.74, 6) is -0.159. The predicted octanol–water partition coefficient (Wildman–Crippen LogP) is 3.46. The number of benzene rings is 2. The van der Waals surface area contributed by atoms with Crippen molar-refractivity contribution in [2.75, 3.05) is 0 Å². The smallest absolute Gasteiger partial charge is 0.272 e. The SMILES string of the molecule is Cc1cc2nc(C)c(=O)n(CC(=O)N[C@H](C)CCc3ccccc3)c2cc1C. The maximum Gasteiger partial charge on any atom is 0.272 e. The molecule has 1 aromatic heterocycles. The molecule has 3 rings (SSSR count). The standard InChI is InChI=1S/C23H27N3O2/c1-15-12-20-21(13-16(15)2)26(23(28)18(4)25-20)14-22(27)24-17(3)10-11-19-8-6-5-7-9-19/h5-9,12-13,17H,10-11,14H2,1-4H3,(H,24,27)/t17-/m1/s1. The highest BCUT2D eigenvalue weighted by Crippen LogP contribution is 2.17. The summed E-state index contributed by atoms with van der Waals surface area (Å²) in [5.41, 5.74) is 5.06. The van der Waals surface area contributed by atoms with Gasteiger partial charge in [-0.2, -0.15) is 0 Å². The molecule has 3 aromatic rings. The van der Waals surface area contributed by atoms with Crippen LogP contribution in [0, 0.1) is 20.8 Å². The van der Waals surface area contributed by atoms with Crippen LogP contribution in [0.3, 0.4) is 0 Å². The Labute approximate surface area is 165 Å². The zero-order valence-electron chi connectivity index (χ0n) is 17.0. The molecule has 0 aliphatic rings. The summed E-state index contributed by atoms with van der Waals surface area (Å²) >= 11 is 0. The van der Waals surface area contributed by atoms with Crippen LogP contribution in [0.5, 0.6) is 0 Å². The van der Waals surface area contributed by atoms with Gasteiger partial charge in [0.2, 0.25) is 5.91 Å². The topological polar surface area (TPSA) is 64.0 Å². The summed E-state index contributed by atoms with van der Waals surface area (Å²) in [6, 6.07) is 14.1. The summed E-state index contributed by atoms with van der Waals surface area (Å²) in [6.07, 6.45) is 1.75. The number of fused-ring (bicyclic) bond motifs is 1. The molecule has 0 bridgehead atoms. The molecule has 1 N–H and O–H groups in total. The molecule has 28 heavy (non-hydrogen) atoms. The Balaban J connectivity index is 1.74. The minimum Gasteiger partial charge on any atom is -0.352 e. The number of hydrogen-bond donors (Lipinski definition) is 1. The Bertz CT molecular complexity index is 1050. The first kappa shape index (κ1) is 19.8. The van der Waals surface area contributed by atoms with Gasteiger partial charge in [0.1, 0.15) is 12.2 Å². The molecule has 1 atom stereocenters. The summed E-state index contributed by atoms with van der Waals surface area (Å²) in [5, 5.41) is 3.02. The third kappa shape index (κ3) is 4.47. The highest BCUT2D eigenvalue weighted by Gasteiger charge is 2.14. The summed E-state index contributed by atoms with van der Waals surface area (Å²) in [6.45, 7) is 7.69. The fourth-order valence-electron chi connectivity index (χ4n) is 3.35. The molecule has 146 valence electrons. The van der Waals surface area contributed by atoms with Crippen molar-refractivity contribution in [3.63, 3.8) is 0 Å². The first-order valence-electron chi connectivity index (χ1n) is 9.67. The van der Waals surface area contributed by atoms with Gasteiger partial charge in [0, 0.05) is 6.04 Å². The average molecular weight is 377 g/mol.